The fraction of sp³-hybridized carbons (Fsp3) is 0.500. The fourth-order valence-corrected chi connectivity index (χ4v) is 1.08. The Morgan fingerprint density at radius 3 is 3.17 bits per heavy atom. The zero-order chi connectivity index (χ0) is 8.81. The largest absolute Gasteiger partial charge is 0.348 e. The molecule has 0 saturated heterocycles. The van der Waals surface area contributed by atoms with E-state index >= 15 is 0 Å². The van der Waals surface area contributed by atoms with Gasteiger partial charge in [-0.3, -0.25) is 0 Å². The summed E-state index contributed by atoms with van der Waals surface area (Å²) in [5.74, 6) is 1.06. The molecule has 0 fully saturated rings. The molecule has 0 atom stereocenters. The molecule has 66 valence electrons. The predicted octanol–water partition coefficient (Wildman–Crippen LogP) is 2.60. The van der Waals surface area contributed by atoms with Gasteiger partial charge >= 0.3 is 0 Å². The average Bonchev–Trinajstić information content (AvgIpc) is 2.53. The molecule has 0 amide bonds. The smallest absolute Gasteiger partial charge is 0.109 e. The minimum absolute atomic E-state index is 0.942. The van der Waals surface area contributed by atoms with E-state index in [0.29, 0.717) is 0 Å². The van der Waals surface area contributed by atoms with Crippen molar-refractivity contribution < 1.29 is 0 Å². The fourth-order valence-electron chi connectivity index (χ4n) is 1.08. The molecule has 2 heteroatoms. The molecule has 0 saturated carbocycles. The van der Waals surface area contributed by atoms with Crippen LogP contribution in [0.3, 0.4) is 0 Å². The van der Waals surface area contributed by atoms with Gasteiger partial charge in [0.25, 0.3) is 0 Å². The number of nitrogens with one attached hydrogen (secondary N) is 1. The van der Waals surface area contributed by atoms with Crippen molar-refractivity contribution in [2.45, 2.75) is 33.1 Å². The maximum Gasteiger partial charge on any atom is 0.109 e. The molecule has 0 unspecified atom stereocenters. The van der Waals surface area contributed by atoms with Gasteiger partial charge in [0.2, 0.25) is 0 Å². The molecule has 1 N–H and O–H groups in total. The highest BCUT2D eigenvalue weighted by Crippen LogP contribution is 2.00. The van der Waals surface area contributed by atoms with Crippen molar-refractivity contribution >= 4 is 5.84 Å². The van der Waals surface area contributed by atoms with Crippen LogP contribution in [-0.2, 0) is 0 Å². The highest BCUT2D eigenvalue weighted by atomic mass is 15.0. The van der Waals surface area contributed by atoms with Crippen molar-refractivity contribution in [3.05, 3.63) is 24.0 Å². The number of nitrogens with zero attached hydrogens (tertiary/aromatic N) is 1. The first-order valence-corrected chi connectivity index (χ1v) is 4.48. The van der Waals surface area contributed by atoms with Crippen molar-refractivity contribution in [3.8, 4) is 0 Å². The summed E-state index contributed by atoms with van der Waals surface area (Å²) in [6.07, 6.45) is 9.38. The van der Waals surface area contributed by atoms with Crippen LogP contribution in [0.1, 0.15) is 33.1 Å². The van der Waals surface area contributed by atoms with Crippen LogP contribution in [0.15, 0.2) is 29.0 Å². The second-order valence-electron chi connectivity index (χ2n) is 2.97. The quantitative estimate of drug-likeness (QED) is 0.681. The molecule has 1 heterocycles. The Hall–Kier alpha value is -1.05. The third-order valence-electron chi connectivity index (χ3n) is 1.73. The van der Waals surface area contributed by atoms with Crippen molar-refractivity contribution in [2.75, 3.05) is 0 Å². The third-order valence-corrected chi connectivity index (χ3v) is 1.73. The Labute approximate surface area is 74.1 Å². The van der Waals surface area contributed by atoms with Gasteiger partial charge in [-0.15, -0.1) is 0 Å². The van der Waals surface area contributed by atoms with Crippen LogP contribution >= 0.6 is 0 Å². The van der Waals surface area contributed by atoms with Crippen molar-refractivity contribution in [2.24, 2.45) is 4.99 Å². The Morgan fingerprint density at radius 2 is 2.58 bits per heavy atom. The molecule has 0 aromatic rings. The minimum Gasteiger partial charge on any atom is -0.348 e. The van der Waals surface area contributed by atoms with Crippen molar-refractivity contribution in [1.29, 1.82) is 0 Å². The zero-order valence-corrected chi connectivity index (χ0v) is 7.80. The Kier molecular flexibility index (Phi) is 3.58. The topological polar surface area (TPSA) is 24.4 Å². The zero-order valence-electron chi connectivity index (χ0n) is 7.80. The van der Waals surface area contributed by atoms with Gasteiger partial charge in [0.15, 0.2) is 0 Å². The summed E-state index contributed by atoms with van der Waals surface area (Å²) in [5.41, 5.74) is 1.21. The van der Waals surface area contributed by atoms with Crippen LogP contribution < -0.4 is 5.32 Å². The number of aliphatic imine (C=N–C) groups is 1. The number of unbranched alkanes of at least 4 members (excludes halogenated alkanes) is 1. The van der Waals surface area contributed by atoms with Gasteiger partial charge in [-0.25, -0.2) is 4.99 Å². The van der Waals surface area contributed by atoms with E-state index < -0.39 is 0 Å². The van der Waals surface area contributed by atoms with Crippen LogP contribution in [0, 0.1) is 0 Å². The lowest BCUT2D eigenvalue weighted by Gasteiger charge is -2.04. The van der Waals surface area contributed by atoms with E-state index in [1.165, 1.54) is 12.1 Å². The van der Waals surface area contributed by atoms with Crippen molar-refractivity contribution in [1.82, 2.24) is 5.32 Å². The molecule has 2 nitrogen and oxygen atoms in total. The summed E-state index contributed by atoms with van der Waals surface area (Å²) in [5, 5.41) is 3.26. The lowest BCUT2D eigenvalue weighted by Crippen LogP contribution is -2.18. The summed E-state index contributed by atoms with van der Waals surface area (Å²) in [6.45, 7) is 4.26. The molecular weight excluding hydrogens is 148 g/mol. The SMILES string of the molecule is CCC/C=C(/C)NC1=NC=CC1. The third kappa shape index (κ3) is 2.91. The number of hydrogen-bond donors (Lipinski definition) is 1. The summed E-state index contributed by atoms with van der Waals surface area (Å²) in [6, 6.07) is 0. The molecule has 1 aliphatic rings. The van der Waals surface area contributed by atoms with Gasteiger partial charge in [-0.2, -0.15) is 0 Å². The van der Waals surface area contributed by atoms with Crippen LogP contribution in [-0.4, -0.2) is 5.84 Å². The Bertz CT molecular complexity index is 224. The first kappa shape index (κ1) is 9.04. The maximum absolute atomic E-state index is 4.17. The molecule has 0 aliphatic carbocycles. The second-order valence-corrected chi connectivity index (χ2v) is 2.97. The van der Waals surface area contributed by atoms with Crippen molar-refractivity contribution in [3.63, 3.8) is 0 Å². The van der Waals surface area contributed by atoms with Crippen LogP contribution in [0.25, 0.3) is 0 Å². The molecular formula is C10H16N2. The van der Waals surface area contributed by atoms with E-state index in [1.54, 1.807) is 0 Å². The highest BCUT2D eigenvalue weighted by Gasteiger charge is 1.99. The van der Waals surface area contributed by atoms with Gasteiger partial charge in [-0.05, 0) is 13.3 Å². The monoisotopic (exact) mass is 164 g/mol. The van der Waals surface area contributed by atoms with Crippen LogP contribution in [0.5, 0.6) is 0 Å². The predicted molar refractivity (Wildman–Crippen MR) is 53.0 cm³/mol. The highest BCUT2D eigenvalue weighted by molar-refractivity contribution is 5.87. The molecule has 0 radical (unpaired) electrons. The molecule has 0 bridgehead atoms. The van der Waals surface area contributed by atoms with Crippen LogP contribution in [0.4, 0.5) is 0 Å². The Balaban J connectivity index is 2.30. The van der Waals surface area contributed by atoms with E-state index in [2.05, 4.69) is 36.3 Å². The van der Waals surface area contributed by atoms with Gasteiger partial charge in [0, 0.05) is 18.3 Å². The number of rotatable bonds is 3. The Morgan fingerprint density at radius 1 is 1.75 bits per heavy atom. The van der Waals surface area contributed by atoms with Gasteiger partial charge in [0.05, 0.1) is 0 Å². The number of hydrogen-bond acceptors (Lipinski definition) is 2. The average molecular weight is 164 g/mol. The molecule has 0 aromatic carbocycles. The first-order chi connectivity index (χ1) is 5.83. The van der Waals surface area contributed by atoms with Gasteiger partial charge < -0.3 is 5.32 Å². The molecule has 0 spiro atoms. The summed E-state index contributed by atoms with van der Waals surface area (Å²) in [7, 11) is 0. The van der Waals surface area contributed by atoms with Gasteiger partial charge in [-0.1, -0.05) is 25.5 Å². The standard InChI is InChI=1S/C10H16N2/c1-3-4-6-9(2)12-10-7-5-8-11-10/h5-6,8H,3-4,7H2,1-2H3,(H,11,12)/b9-6-. The van der Waals surface area contributed by atoms with E-state index in [1.807, 2.05) is 6.20 Å². The van der Waals surface area contributed by atoms with Gasteiger partial charge in [0.1, 0.15) is 5.84 Å². The second kappa shape index (κ2) is 4.75. The molecule has 0 aromatic heterocycles. The van der Waals surface area contributed by atoms with E-state index in [-0.39, 0.29) is 0 Å². The summed E-state index contributed by atoms with van der Waals surface area (Å²) >= 11 is 0. The summed E-state index contributed by atoms with van der Waals surface area (Å²) in [4.78, 5) is 4.17. The molecule has 12 heavy (non-hydrogen) atoms. The van der Waals surface area contributed by atoms with E-state index in [0.717, 1.165) is 18.7 Å². The first-order valence-electron chi connectivity index (χ1n) is 4.48. The van der Waals surface area contributed by atoms with E-state index in [4.69, 9.17) is 0 Å². The van der Waals surface area contributed by atoms with E-state index in [9.17, 15) is 0 Å². The van der Waals surface area contributed by atoms with Crippen LogP contribution in [0.2, 0.25) is 0 Å². The lowest BCUT2D eigenvalue weighted by atomic mass is 10.3. The molecule has 1 rings (SSSR count). The normalized spacial score (nSPS) is 16.5. The number of amidine groups is 1. The molecule has 1 aliphatic heterocycles. The lowest BCUT2D eigenvalue weighted by molar-refractivity contribution is 0.931. The minimum atomic E-state index is 0.942. The maximum atomic E-state index is 4.17. The number of allylic oxidation sites excluding steroid dienone is 2. The summed E-state index contributed by atoms with van der Waals surface area (Å²) < 4.78 is 0.